The van der Waals surface area contributed by atoms with Crippen LogP contribution in [0.5, 0.6) is 0 Å². The van der Waals surface area contributed by atoms with Gasteiger partial charge in [0, 0.05) is 12.8 Å². The molecule has 2 aromatic carbocycles. The maximum Gasteiger partial charge on any atom is 0.141 e. The molecular weight excluding hydrogens is 220 g/mol. The average molecular weight is 236 g/mol. The first-order valence-electron chi connectivity index (χ1n) is 6.47. The highest BCUT2D eigenvalue weighted by Gasteiger charge is 2.08. The van der Waals surface area contributed by atoms with Crippen molar-refractivity contribution in [1.82, 2.24) is 0 Å². The van der Waals surface area contributed by atoms with E-state index < -0.39 is 0 Å². The fourth-order valence-corrected chi connectivity index (χ4v) is 2.53. The summed E-state index contributed by atoms with van der Waals surface area (Å²) in [6.45, 7) is 0. The number of aryl methyl sites for hydroxylation is 2. The zero-order valence-corrected chi connectivity index (χ0v) is 10.4. The summed E-state index contributed by atoms with van der Waals surface area (Å²) in [6.07, 6.45) is 3.21. The fourth-order valence-electron chi connectivity index (χ4n) is 2.53. The summed E-state index contributed by atoms with van der Waals surface area (Å²) in [5.41, 5.74) is 4.94. The van der Waals surface area contributed by atoms with E-state index in [9.17, 15) is 4.79 Å². The van der Waals surface area contributed by atoms with Crippen LogP contribution in [-0.2, 0) is 30.5 Å². The zero-order valence-electron chi connectivity index (χ0n) is 10.4. The van der Waals surface area contributed by atoms with Gasteiger partial charge in [-0.2, -0.15) is 0 Å². The van der Waals surface area contributed by atoms with Gasteiger partial charge in [0.15, 0.2) is 0 Å². The number of hydrogen-bond acceptors (Lipinski definition) is 1. The molecule has 0 aromatic heterocycles. The quantitative estimate of drug-likeness (QED) is 0.686. The van der Waals surface area contributed by atoms with Crippen molar-refractivity contribution < 1.29 is 4.79 Å². The molecule has 0 aliphatic heterocycles. The normalized spacial score (nSPS) is 15.0. The molecule has 1 heteroatoms. The lowest BCUT2D eigenvalue weighted by Gasteiger charge is -2.09. The van der Waals surface area contributed by atoms with Crippen LogP contribution in [0.2, 0.25) is 0 Å². The van der Waals surface area contributed by atoms with E-state index in [-0.39, 0.29) is 0 Å². The minimum Gasteiger partial charge on any atom is -0.299 e. The number of Topliss-reactive ketones (excluding diaryl/α,β-unsaturated/α-hetero) is 1. The highest BCUT2D eigenvalue weighted by Crippen LogP contribution is 2.14. The number of rotatable bonds is 0. The predicted octanol–water partition coefficient (Wildman–Crippen LogP) is 3.14. The number of hydrogen-bond donors (Lipinski definition) is 0. The van der Waals surface area contributed by atoms with Crippen LogP contribution in [-0.4, -0.2) is 5.78 Å². The van der Waals surface area contributed by atoms with Gasteiger partial charge in [0.1, 0.15) is 5.78 Å². The Morgan fingerprint density at radius 1 is 0.667 bits per heavy atom. The van der Waals surface area contributed by atoms with E-state index in [4.69, 9.17) is 0 Å². The largest absolute Gasteiger partial charge is 0.299 e. The molecule has 0 N–H and O–H groups in total. The second kappa shape index (κ2) is 4.77. The van der Waals surface area contributed by atoms with Crippen molar-refractivity contribution in [3.63, 3.8) is 0 Å². The third-order valence-electron chi connectivity index (χ3n) is 3.52. The van der Waals surface area contributed by atoms with Crippen LogP contribution >= 0.6 is 0 Å². The van der Waals surface area contributed by atoms with E-state index in [1.54, 1.807) is 0 Å². The van der Waals surface area contributed by atoms with Crippen LogP contribution in [0, 0.1) is 0 Å². The standard InChI is InChI=1S/C17H16O/c18-17-11-15-8-5-13(6-9-15)4-7-14-2-1-3-16(10-14)12-17/h1-3,5-6,8-10H,4,7,11-12H2. The van der Waals surface area contributed by atoms with Crippen molar-refractivity contribution in [3.8, 4) is 0 Å². The van der Waals surface area contributed by atoms with E-state index in [1.165, 1.54) is 11.1 Å². The Kier molecular flexibility index (Phi) is 2.97. The zero-order chi connectivity index (χ0) is 12.4. The second-order valence-corrected chi connectivity index (χ2v) is 5.03. The molecule has 90 valence electrons. The summed E-state index contributed by atoms with van der Waals surface area (Å²) >= 11 is 0. The number of fused-ring (bicyclic) bond motifs is 5. The fraction of sp³-hybridized carbons (Fsp3) is 0.235. The van der Waals surface area contributed by atoms with Gasteiger partial charge in [-0.15, -0.1) is 0 Å². The molecule has 0 heterocycles. The molecule has 0 amide bonds. The summed E-state index contributed by atoms with van der Waals surface area (Å²) in [6, 6.07) is 16.9. The second-order valence-electron chi connectivity index (χ2n) is 5.03. The van der Waals surface area contributed by atoms with Crippen LogP contribution in [0.25, 0.3) is 0 Å². The van der Waals surface area contributed by atoms with E-state index in [0.29, 0.717) is 18.6 Å². The maximum atomic E-state index is 12.0. The van der Waals surface area contributed by atoms with E-state index in [0.717, 1.165) is 24.0 Å². The topological polar surface area (TPSA) is 17.1 Å². The van der Waals surface area contributed by atoms with E-state index in [1.807, 2.05) is 0 Å². The first-order valence-corrected chi connectivity index (χ1v) is 6.47. The van der Waals surface area contributed by atoms with Crippen molar-refractivity contribution in [3.05, 3.63) is 70.8 Å². The summed E-state index contributed by atoms with van der Waals surface area (Å²) < 4.78 is 0. The van der Waals surface area contributed by atoms with Gasteiger partial charge in [-0.3, -0.25) is 4.79 Å². The Bertz CT molecular complexity index is 566. The molecule has 2 aromatic rings. The van der Waals surface area contributed by atoms with Crippen molar-refractivity contribution >= 4 is 5.78 Å². The Hall–Kier alpha value is -1.89. The lowest BCUT2D eigenvalue weighted by molar-refractivity contribution is -0.117. The molecule has 1 nitrogen and oxygen atoms in total. The van der Waals surface area contributed by atoms with Crippen LogP contribution in [0.3, 0.4) is 0 Å². The summed E-state index contributed by atoms with van der Waals surface area (Å²) in [7, 11) is 0. The molecule has 0 fully saturated rings. The minimum absolute atomic E-state index is 0.292. The molecule has 2 aliphatic rings. The molecule has 0 radical (unpaired) electrons. The first kappa shape index (κ1) is 11.2. The number of benzene rings is 2. The average Bonchev–Trinajstić information content (AvgIpc) is 2.37. The molecule has 4 rings (SSSR count). The summed E-state index contributed by atoms with van der Waals surface area (Å²) in [4.78, 5) is 12.0. The number of carbonyl (C=O) groups excluding carboxylic acids is 1. The van der Waals surface area contributed by atoms with Gasteiger partial charge in [-0.1, -0.05) is 48.5 Å². The lowest BCUT2D eigenvalue weighted by Crippen LogP contribution is -2.08. The first-order chi connectivity index (χ1) is 8.79. The predicted molar refractivity (Wildman–Crippen MR) is 72.7 cm³/mol. The third kappa shape index (κ3) is 2.51. The summed E-state index contributed by atoms with van der Waals surface area (Å²) in [5, 5.41) is 0. The van der Waals surface area contributed by atoms with Crippen molar-refractivity contribution in [2.45, 2.75) is 25.7 Å². The molecule has 0 spiro atoms. The minimum atomic E-state index is 0.292. The number of ketones is 1. The Balaban J connectivity index is 1.98. The smallest absolute Gasteiger partial charge is 0.141 e. The highest BCUT2D eigenvalue weighted by atomic mass is 16.1. The lowest BCUT2D eigenvalue weighted by atomic mass is 9.96. The molecule has 4 bridgehead atoms. The summed E-state index contributed by atoms with van der Waals surface area (Å²) in [5.74, 6) is 0.292. The Morgan fingerprint density at radius 2 is 1.28 bits per heavy atom. The Morgan fingerprint density at radius 3 is 2.11 bits per heavy atom. The van der Waals surface area contributed by atoms with Gasteiger partial charge >= 0.3 is 0 Å². The van der Waals surface area contributed by atoms with Crippen molar-refractivity contribution in [2.75, 3.05) is 0 Å². The van der Waals surface area contributed by atoms with Gasteiger partial charge in [-0.25, -0.2) is 0 Å². The van der Waals surface area contributed by atoms with Crippen LogP contribution in [0.15, 0.2) is 48.5 Å². The van der Waals surface area contributed by atoms with Crippen LogP contribution < -0.4 is 0 Å². The molecule has 0 atom stereocenters. The van der Waals surface area contributed by atoms with E-state index >= 15 is 0 Å². The molecular formula is C17H16O. The Labute approximate surface area is 107 Å². The highest BCUT2D eigenvalue weighted by molar-refractivity contribution is 5.83. The monoisotopic (exact) mass is 236 g/mol. The molecule has 0 saturated heterocycles. The van der Waals surface area contributed by atoms with Crippen LogP contribution in [0.1, 0.15) is 22.3 Å². The van der Waals surface area contributed by atoms with Crippen molar-refractivity contribution in [2.24, 2.45) is 0 Å². The van der Waals surface area contributed by atoms with E-state index in [2.05, 4.69) is 48.5 Å². The molecule has 2 aliphatic carbocycles. The van der Waals surface area contributed by atoms with Gasteiger partial charge < -0.3 is 0 Å². The van der Waals surface area contributed by atoms with Crippen molar-refractivity contribution in [1.29, 1.82) is 0 Å². The van der Waals surface area contributed by atoms with Gasteiger partial charge in [0.2, 0.25) is 0 Å². The third-order valence-corrected chi connectivity index (χ3v) is 3.52. The van der Waals surface area contributed by atoms with Gasteiger partial charge in [0.25, 0.3) is 0 Å². The SMILES string of the molecule is O=C1Cc2ccc(cc2)CCc2cccc(c2)C1. The number of carbonyl (C=O) groups is 1. The van der Waals surface area contributed by atoms with Crippen LogP contribution in [0.4, 0.5) is 0 Å². The maximum absolute atomic E-state index is 12.0. The molecule has 0 unspecified atom stereocenters. The van der Waals surface area contributed by atoms with Gasteiger partial charge in [0.05, 0.1) is 0 Å². The molecule has 0 saturated carbocycles. The molecule has 18 heavy (non-hydrogen) atoms. The van der Waals surface area contributed by atoms with Gasteiger partial charge in [-0.05, 0) is 35.1 Å².